The van der Waals surface area contributed by atoms with Gasteiger partial charge in [-0.25, -0.2) is 0 Å². The van der Waals surface area contributed by atoms with Gasteiger partial charge in [-0.2, -0.15) is 0 Å². The molecule has 0 aliphatic carbocycles. The summed E-state index contributed by atoms with van der Waals surface area (Å²) in [6.07, 6.45) is 1.97. The van der Waals surface area contributed by atoms with Crippen molar-refractivity contribution in [1.29, 1.82) is 0 Å². The minimum atomic E-state index is 0.219. The van der Waals surface area contributed by atoms with Gasteiger partial charge in [0.05, 0.1) is 11.6 Å². The summed E-state index contributed by atoms with van der Waals surface area (Å²) in [6.45, 7) is 2.87. The second kappa shape index (κ2) is 6.57. The molecule has 2 heterocycles. The van der Waals surface area contributed by atoms with Crippen LogP contribution in [0.4, 0.5) is 0 Å². The molecule has 0 radical (unpaired) electrons. The lowest BCUT2D eigenvalue weighted by Crippen LogP contribution is -2.30. The number of rotatable bonds is 4. The Morgan fingerprint density at radius 2 is 2.29 bits per heavy atom. The first kappa shape index (κ1) is 15.2. The van der Waals surface area contributed by atoms with E-state index < -0.39 is 0 Å². The molecule has 112 valence electrons. The number of halogens is 2. The average molecular weight is 342 g/mol. The van der Waals surface area contributed by atoms with E-state index in [1.54, 1.807) is 17.4 Å². The third-order valence-electron chi connectivity index (χ3n) is 3.76. The van der Waals surface area contributed by atoms with Crippen molar-refractivity contribution in [2.75, 3.05) is 6.61 Å². The maximum Gasteiger partial charge on any atom is 0.142 e. The minimum absolute atomic E-state index is 0.219. The molecule has 3 rings (SSSR count). The van der Waals surface area contributed by atoms with Crippen LogP contribution >= 0.6 is 34.5 Å². The van der Waals surface area contributed by atoms with Gasteiger partial charge in [0.25, 0.3) is 0 Å². The lowest BCUT2D eigenvalue weighted by atomic mass is 9.98. The van der Waals surface area contributed by atoms with Crippen LogP contribution in [0.15, 0.2) is 29.6 Å². The van der Waals surface area contributed by atoms with Gasteiger partial charge in [0, 0.05) is 34.0 Å². The molecule has 2 atom stereocenters. The van der Waals surface area contributed by atoms with E-state index in [-0.39, 0.29) is 6.04 Å². The summed E-state index contributed by atoms with van der Waals surface area (Å²) in [6, 6.07) is 8.53. The summed E-state index contributed by atoms with van der Waals surface area (Å²) < 4.78 is 5.72. The van der Waals surface area contributed by atoms with Crippen LogP contribution in [0.1, 0.15) is 42.3 Å². The maximum atomic E-state index is 6.25. The third kappa shape index (κ3) is 3.21. The molecule has 0 spiro atoms. The van der Waals surface area contributed by atoms with Crippen LogP contribution < -0.4 is 10.1 Å². The molecule has 1 N–H and O–H groups in total. The number of ether oxygens (including phenoxy) is 1. The molecule has 0 amide bonds. The molecule has 0 saturated heterocycles. The van der Waals surface area contributed by atoms with E-state index in [0.29, 0.717) is 22.7 Å². The highest BCUT2D eigenvalue weighted by Gasteiger charge is 2.26. The summed E-state index contributed by atoms with van der Waals surface area (Å²) in [5, 5.41) is 7.09. The van der Waals surface area contributed by atoms with E-state index >= 15 is 0 Å². The van der Waals surface area contributed by atoms with Crippen LogP contribution in [0.3, 0.4) is 0 Å². The van der Waals surface area contributed by atoms with E-state index in [0.717, 1.165) is 24.2 Å². The molecule has 0 saturated carbocycles. The van der Waals surface area contributed by atoms with Gasteiger partial charge in [0.2, 0.25) is 0 Å². The molecule has 21 heavy (non-hydrogen) atoms. The Bertz CT molecular complexity index is 615. The highest BCUT2D eigenvalue weighted by molar-refractivity contribution is 7.10. The molecule has 2 aromatic rings. The molecule has 2 unspecified atom stereocenters. The van der Waals surface area contributed by atoms with Gasteiger partial charge in [-0.15, -0.1) is 11.3 Å². The molecule has 0 fully saturated rings. The van der Waals surface area contributed by atoms with E-state index in [4.69, 9.17) is 27.9 Å². The van der Waals surface area contributed by atoms with Crippen LogP contribution in [0, 0.1) is 0 Å². The topological polar surface area (TPSA) is 21.3 Å². The zero-order chi connectivity index (χ0) is 14.8. The van der Waals surface area contributed by atoms with Gasteiger partial charge in [-0.1, -0.05) is 36.2 Å². The summed E-state index contributed by atoms with van der Waals surface area (Å²) in [7, 11) is 0. The van der Waals surface area contributed by atoms with Crippen molar-refractivity contribution in [2.45, 2.75) is 31.8 Å². The molecular formula is C16H17Cl2NOS. The Morgan fingerprint density at radius 1 is 1.43 bits per heavy atom. The van der Waals surface area contributed by atoms with Gasteiger partial charge < -0.3 is 10.1 Å². The molecule has 1 aromatic heterocycles. The maximum absolute atomic E-state index is 6.25. The van der Waals surface area contributed by atoms with E-state index in [1.165, 1.54) is 4.88 Å². The first-order valence-electron chi connectivity index (χ1n) is 7.10. The van der Waals surface area contributed by atoms with Crippen LogP contribution in [0.2, 0.25) is 10.0 Å². The third-order valence-corrected chi connectivity index (χ3v) is 5.25. The number of benzene rings is 1. The fourth-order valence-electron chi connectivity index (χ4n) is 2.73. The summed E-state index contributed by atoms with van der Waals surface area (Å²) in [4.78, 5) is 1.36. The van der Waals surface area contributed by atoms with Crippen molar-refractivity contribution in [3.8, 4) is 5.75 Å². The fraction of sp³-hybridized carbons (Fsp3) is 0.375. The molecule has 2 nitrogen and oxygen atoms in total. The number of fused-ring (bicyclic) bond motifs is 1. The van der Waals surface area contributed by atoms with Crippen LogP contribution in [-0.4, -0.2) is 6.61 Å². The van der Waals surface area contributed by atoms with Crippen molar-refractivity contribution in [3.05, 3.63) is 50.1 Å². The minimum Gasteiger partial charge on any atom is -0.492 e. The van der Waals surface area contributed by atoms with Crippen molar-refractivity contribution >= 4 is 34.5 Å². The fourth-order valence-corrected chi connectivity index (χ4v) is 4.17. The smallest absolute Gasteiger partial charge is 0.142 e. The summed E-state index contributed by atoms with van der Waals surface area (Å²) in [5.41, 5.74) is 1.06. The number of thiophene rings is 1. The summed E-state index contributed by atoms with van der Waals surface area (Å²) in [5.74, 6) is 0.769. The Labute approximate surface area is 139 Å². The van der Waals surface area contributed by atoms with Crippen molar-refractivity contribution in [2.24, 2.45) is 0 Å². The zero-order valence-electron chi connectivity index (χ0n) is 11.7. The van der Waals surface area contributed by atoms with E-state index in [9.17, 15) is 0 Å². The van der Waals surface area contributed by atoms with Gasteiger partial charge in [0.15, 0.2) is 0 Å². The Balaban J connectivity index is 1.88. The van der Waals surface area contributed by atoms with Gasteiger partial charge >= 0.3 is 0 Å². The van der Waals surface area contributed by atoms with Gasteiger partial charge in [0.1, 0.15) is 5.75 Å². The first-order valence-corrected chi connectivity index (χ1v) is 8.73. The normalized spacial score (nSPS) is 18.9. The van der Waals surface area contributed by atoms with E-state index in [1.807, 2.05) is 6.07 Å². The van der Waals surface area contributed by atoms with Crippen LogP contribution in [0.5, 0.6) is 5.75 Å². The molecule has 5 heteroatoms. The lowest BCUT2D eigenvalue weighted by molar-refractivity contribution is 0.243. The highest BCUT2D eigenvalue weighted by atomic mass is 35.5. The van der Waals surface area contributed by atoms with E-state index in [2.05, 4.69) is 29.8 Å². The lowest BCUT2D eigenvalue weighted by Gasteiger charge is -2.30. The Kier molecular flexibility index (Phi) is 4.75. The number of hydrogen-bond donors (Lipinski definition) is 1. The zero-order valence-corrected chi connectivity index (χ0v) is 14.1. The first-order chi connectivity index (χ1) is 10.2. The average Bonchev–Trinajstić information content (AvgIpc) is 2.99. The van der Waals surface area contributed by atoms with Crippen molar-refractivity contribution in [1.82, 2.24) is 5.32 Å². The summed E-state index contributed by atoms with van der Waals surface area (Å²) >= 11 is 14.2. The number of nitrogens with one attached hydrogen (secondary N) is 1. The Hall–Kier alpha value is -0.740. The van der Waals surface area contributed by atoms with Crippen LogP contribution in [0.25, 0.3) is 0 Å². The second-order valence-corrected chi connectivity index (χ2v) is 6.96. The molecule has 1 aromatic carbocycles. The monoisotopic (exact) mass is 341 g/mol. The quantitative estimate of drug-likeness (QED) is 0.779. The largest absolute Gasteiger partial charge is 0.492 e. The predicted molar refractivity (Wildman–Crippen MR) is 89.8 cm³/mol. The second-order valence-electron chi connectivity index (χ2n) is 5.14. The molecule has 0 bridgehead atoms. The Morgan fingerprint density at radius 3 is 3.00 bits per heavy atom. The standard InChI is InChI=1S/C16H17Cl2NOS/c1-2-13(15-4-3-7-21-15)19-14-5-6-20-16-11(14)8-10(17)9-12(16)18/h3-4,7-9,13-14,19H,2,5-6H2,1H3. The SMILES string of the molecule is CCC(NC1CCOc2c(Cl)cc(Cl)cc21)c1cccs1. The molecule has 1 aliphatic heterocycles. The van der Waals surface area contributed by atoms with Gasteiger partial charge in [-0.3, -0.25) is 0 Å². The highest BCUT2D eigenvalue weighted by Crippen LogP contribution is 2.41. The number of hydrogen-bond acceptors (Lipinski definition) is 3. The van der Waals surface area contributed by atoms with Crippen LogP contribution in [-0.2, 0) is 0 Å². The molecular weight excluding hydrogens is 325 g/mol. The molecule has 1 aliphatic rings. The van der Waals surface area contributed by atoms with Gasteiger partial charge in [-0.05, 0) is 30.0 Å². The van der Waals surface area contributed by atoms with Crippen molar-refractivity contribution in [3.63, 3.8) is 0 Å². The van der Waals surface area contributed by atoms with Crippen molar-refractivity contribution < 1.29 is 4.74 Å². The predicted octanol–water partition coefficient (Wildman–Crippen LogP) is 5.62.